The normalized spacial score (nSPS) is 11.7. The van der Waals surface area contributed by atoms with Crippen molar-refractivity contribution in [3.05, 3.63) is 22.0 Å². The van der Waals surface area contributed by atoms with Gasteiger partial charge in [-0.05, 0) is 13.0 Å². The molecule has 1 aromatic heterocycles. The van der Waals surface area contributed by atoms with Gasteiger partial charge in [-0.2, -0.15) is 13.2 Å². The Labute approximate surface area is 83.3 Å². The largest absolute Gasteiger partial charge is 0.406 e. The van der Waals surface area contributed by atoms with Crippen LogP contribution in [-0.4, -0.2) is 10.7 Å². The minimum Gasteiger partial charge on any atom is -0.396 e. The van der Waals surface area contributed by atoms with Crippen LogP contribution in [-0.2, 0) is 6.54 Å². The van der Waals surface area contributed by atoms with Crippen molar-refractivity contribution in [3.63, 3.8) is 0 Å². The van der Waals surface area contributed by atoms with E-state index in [0.717, 1.165) is 0 Å². The lowest BCUT2D eigenvalue weighted by Gasteiger charge is -2.14. The molecule has 0 aliphatic carbocycles. The first kappa shape index (κ1) is 11.4. The molecule has 0 saturated heterocycles. The molecule has 1 aromatic rings. The first-order valence-electron chi connectivity index (χ1n) is 4.04. The summed E-state index contributed by atoms with van der Waals surface area (Å²) in [7, 11) is 0. The highest BCUT2D eigenvalue weighted by molar-refractivity contribution is 5.59. The lowest BCUT2D eigenvalue weighted by Crippen LogP contribution is -2.31. The molecule has 1 rings (SSSR count). The number of nitrogen functional groups attached to an aromatic ring is 2. The van der Waals surface area contributed by atoms with Crippen LogP contribution in [0.3, 0.4) is 0 Å². The highest BCUT2D eigenvalue weighted by Crippen LogP contribution is 2.20. The standard InChI is InChI=1S/C8H10F3N3O/c1-4-2-5(12)6(13)14(7(4)15)3-8(9,10)11/h2H,3,12-13H2,1H3. The molecule has 0 spiro atoms. The summed E-state index contributed by atoms with van der Waals surface area (Å²) in [5, 5.41) is 0. The summed E-state index contributed by atoms with van der Waals surface area (Å²) < 4.78 is 36.7. The number of halogens is 3. The van der Waals surface area contributed by atoms with Crippen LogP contribution in [0.4, 0.5) is 24.7 Å². The number of anilines is 2. The Morgan fingerprint density at radius 3 is 2.40 bits per heavy atom. The third-order valence-corrected chi connectivity index (χ3v) is 1.88. The number of hydrogen-bond donors (Lipinski definition) is 2. The Balaban J connectivity index is 3.34. The Morgan fingerprint density at radius 1 is 1.40 bits per heavy atom. The quantitative estimate of drug-likeness (QED) is 0.739. The zero-order chi connectivity index (χ0) is 11.8. The molecule has 0 aliphatic rings. The molecular weight excluding hydrogens is 211 g/mol. The molecule has 0 unspecified atom stereocenters. The molecule has 0 aromatic carbocycles. The van der Waals surface area contributed by atoms with E-state index >= 15 is 0 Å². The molecule has 4 nitrogen and oxygen atoms in total. The molecule has 0 amide bonds. The van der Waals surface area contributed by atoms with Crippen LogP contribution in [0.15, 0.2) is 10.9 Å². The van der Waals surface area contributed by atoms with E-state index in [1.54, 1.807) is 0 Å². The molecule has 1 heterocycles. The van der Waals surface area contributed by atoms with Gasteiger partial charge in [0.05, 0.1) is 5.69 Å². The van der Waals surface area contributed by atoms with Gasteiger partial charge in [0.15, 0.2) is 0 Å². The fourth-order valence-electron chi connectivity index (χ4n) is 1.18. The SMILES string of the molecule is Cc1cc(N)c(N)n(CC(F)(F)F)c1=O. The fourth-order valence-corrected chi connectivity index (χ4v) is 1.18. The number of nitrogens with two attached hydrogens (primary N) is 2. The minimum absolute atomic E-state index is 0.0312. The van der Waals surface area contributed by atoms with Crippen LogP contribution >= 0.6 is 0 Å². The van der Waals surface area contributed by atoms with Crippen LogP contribution < -0.4 is 17.0 Å². The number of rotatable bonds is 1. The lowest BCUT2D eigenvalue weighted by atomic mass is 10.2. The van der Waals surface area contributed by atoms with Gasteiger partial charge < -0.3 is 11.5 Å². The molecule has 0 bridgehead atoms. The second-order valence-corrected chi connectivity index (χ2v) is 3.17. The van der Waals surface area contributed by atoms with Crippen LogP contribution in [0.2, 0.25) is 0 Å². The van der Waals surface area contributed by atoms with Gasteiger partial charge in [0.2, 0.25) is 0 Å². The summed E-state index contributed by atoms with van der Waals surface area (Å²) >= 11 is 0. The first-order valence-corrected chi connectivity index (χ1v) is 4.04. The Morgan fingerprint density at radius 2 is 1.93 bits per heavy atom. The average Bonchev–Trinajstić information content (AvgIpc) is 2.08. The maximum absolute atomic E-state index is 12.1. The van der Waals surface area contributed by atoms with E-state index in [-0.39, 0.29) is 17.1 Å². The molecule has 4 N–H and O–H groups in total. The second kappa shape index (κ2) is 3.48. The van der Waals surface area contributed by atoms with Crippen molar-refractivity contribution in [2.75, 3.05) is 11.5 Å². The van der Waals surface area contributed by atoms with Crippen molar-refractivity contribution in [3.8, 4) is 0 Å². The van der Waals surface area contributed by atoms with E-state index in [9.17, 15) is 18.0 Å². The van der Waals surface area contributed by atoms with Crippen LogP contribution in [0.5, 0.6) is 0 Å². The Bertz CT molecular complexity index is 436. The number of pyridine rings is 1. The maximum atomic E-state index is 12.1. The molecule has 0 aliphatic heterocycles. The molecule has 84 valence electrons. The lowest BCUT2D eigenvalue weighted by molar-refractivity contribution is -0.140. The van der Waals surface area contributed by atoms with E-state index in [1.165, 1.54) is 13.0 Å². The van der Waals surface area contributed by atoms with Crippen molar-refractivity contribution in [1.29, 1.82) is 0 Å². The highest BCUT2D eigenvalue weighted by Gasteiger charge is 2.29. The topological polar surface area (TPSA) is 74.0 Å². The smallest absolute Gasteiger partial charge is 0.396 e. The third-order valence-electron chi connectivity index (χ3n) is 1.88. The van der Waals surface area contributed by atoms with Crippen molar-refractivity contribution in [2.45, 2.75) is 19.6 Å². The summed E-state index contributed by atoms with van der Waals surface area (Å²) in [4.78, 5) is 11.3. The molecule has 0 saturated carbocycles. The molecule has 0 atom stereocenters. The van der Waals surface area contributed by atoms with E-state index in [1.807, 2.05) is 0 Å². The van der Waals surface area contributed by atoms with Crippen molar-refractivity contribution >= 4 is 11.5 Å². The van der Waals surface area contributed by atoms with Gasteiger partial charge in [-0.15, -0.1) is 0 Å². The van der Waals surface area contributed by atoms with Gasteiger partial charge in [-0.25, -0.2) is 0 Å². The van der Waals surface area contributed by atoms with E-state index in [0.29, 0.717) is 4.57 Å². The van der Waals surface area contributed by atoms with Gasteiger partial charge in [0.1, 0.15) is 12.4 Å². The van der Waals surface area contributed by atoms with E-state index in [4.69, 9.17) is 11.5 Å². The summed E-state index contributed by atoms with van der Waals surface area (Å²) in [6, 6.07) is 1.25. The Kier molecular flexibility index (Phi) is 2.65. The summed E-state index contributed by atoms with van der Waals surface area (Å²) in [6.45, 7) is -0.0471. The molecule has 15 heavy (non-hydrogen) atoms. The zero-order valence-electron chi connectivity index (χ0n) is 7.93. The van der Waals surface area contributed by atoms with Crippen LogP contribution in [0.1, 0.15) is 5.56 Å². The maximum Gasteiger partial charge on any atom is 0.406 e. The molecule has 7 heteroatoms. The first-order chi connectivity index (χ1) is 6.72. The monoisotopic (exact) mass is 221 g/mol. The van der Waals surface area contributed by atoms with Gasteiger partial charge in [0, 0.05) is 5.56 Å². The number of aryl methyl sites for hydroxylation is 1. The van der Waals surface area contributed by atoms with Gasteiger partial charge >= 0.3 is 6.18 Å². The average molecular weight is 221 g/mol. The predicted molar refractivity (Wildman–Crippen MR) is 50.3 cm³/mol. The fraction of sp³-hybridized carbons (Fsp3) is 0.375. The van der Waals surface area contributed by atoms with Gasteiger partial charge in [-0.1, -0.05) is 0 Å². The van der Waals surface area contributed by atoms with E-state index in [2.05, 4.69) is 0 Å². The number of aromatic nitrogens is 1. The zero-order valence-corrected chi connectivity index (χ0v) is 7.93. The van der Waals surface area contributed by atoms with Gasteiger partial charge in [-0.3, -0.25) is 9.36 Å². The third kappa shape index (κ3) is 2.42. The van der Waals surface area contributed by atoms with Crippen LogP contribution in [0.25, 0.3) is 0 Å². The highest BCUT2D eigenvalue weighted by atomic mass is 19.4. The van der Waals surface area contributed by atoms with Crippen molar-refractivity contribution in [2.24, 2.45) is 0 Å². The second-order valence-electron chi connectivity index (χ2n) is 3.17. The Hall–Kier alpha value is -1.66. The summed E-state index contributed by atoms with van der Waals surface area (Å²) in [5.41, 5.74) is 9.98. The van der Waals surface area contributed by atoms with E-state index < -0.39 is 18.3 Å². The summed E-state index contributed by atoms with van der Waals surface area (Å²) in [6.07, 6.45) is -4.50. The molecule has 0 fully saturated rings. The number of nitrogens with zero attached hydrogens (tertiary/aromatic N) is 1. The van der Waals surface area contributed by atoms with Gasteiger partial charge in [0.25, 0.3) is 5.56 Å². The van der Waals surface area contributed by atoms with Crippen molar-refractivity contribution in [1.82, 2.24) is 4.57 Å². The number of hydrogen-bond acceptors (Lipinski definition) is 3. The predicted octanol–water partition coefficient (Wildman–Crippen LogP) is 0.883. The number of alkyl halides is 3. The van der Waals surface area contributed by atoms with Crippen molar-refractivity contribution < 1.29 is 13.2 Å². The minimum atomic E-state index is -4.50. The van der Waals surface area contributed by atoms with Crippen LogP contribution in [0, 0.1) is 6.92 Å². The molecule has 0 radical (unpaired) electrons. The molecular formula is C8H10F3N3O. The summed E-state index contributed by atoms with van der Waals surface area (Å²) in [5.74, 6) is -0.358.